The van der Waals surface area contributed by atoms with Gasteiger partial charge in [0.2, 0.25) is 0 Å². The van der Waals surface area contributed by atoms with Crippen LogP contribution in [0.3, 0.4) is 0 Å². The van der Waals surface area contributed by atoms with Crippen molar-refractivity contribution in [2.75, 3.05) is 24.5 Å². The highest BCUT2D eigenvalue weighted by atomic mass is 15.3. The van der Waals surface area contributed by atoms with Crippen molar-refractivity contribution in [3.8, 4) is 0 Å². The molecule has 0 radical (unpaired) electrons. The Kier molecular flexibility index (Phi) is 6.62. The summed E-state index contributed by atoms with van der Waals surface area (Å²) < 4.78 is 0. The minimum atomic E-state index is -0.0508. The summed E-state index contributed by atoms with van der Waals surface area (Å²) in [6.45, 7) is 0.0414. The molecule has 10 aromatic rings. The van der Waals surface area contributed by atoms with Gasteiger partial charge in [0.25, 0.3) is 20.1 Å². The summed E-state index contributed by atoms with van der Waals surface area (Å²) in [5.41, 5.74) is 30.7. The molecule has 0 unspecified atom stereocenters. The van der Waals surface area contributed by atoms with E-state index in [0.29, 0.717) is 0 Å². The quantitative estimate of drug-likeness (QED) is 0.161. The lowest BCUT2D eigenvalue weighted by Gasteiger charge is -2.56. The van der Waals surface area contributed by atoms with Crippen molar-refractivity contribution in [2.45, 2.75) is 0 Å². The zero-order valence-electron chi connectivity index (χ0n) is 36.8. The zero-order chi connectivity index (χ0) is 43.9. The van der Waals surface area contributed by atoms with E-state index >= 15 is 0 Å². The second-order valence-electron chi connectivity index (χ2n) is 19.1. The number of anilines is 15. The van der Waals surface area contributed by atoms with Crippen molar-refractivity contribution >= 4 is 155 Å². The summed E-state index contributed by atoms with van der Waals surface area (Å²) in [5, 5.41) is 0. The number of rotatable bonds is 2. The van der Waals surface area contributed by atoms with Gasteiger partial charge in [-0.25, -0.2) is 0 Å². The first-order valence-electron chi connectivity index (χ1n) is 23.9. The fourth-order valence-electron chi connectivity index (χ4n) is 13.7. The molecule has 0 bridgehead atoms. The van der Waals surface area contributed by atoms with E-state index < -0.39 is 0 Å². The topological polar surface area (TPSA) is 16.2 Å². The molecule has 0 N–H and O–H groups in total. The molecule has 7 heterocycles. The molecule has 0 fully saturated rings. The largest absolute Gasteiger partial charge is 0.312 e. The Bertz CT molecular complexity index is 3620. The van der Waals surface area contributed by atoms with Crippen LogP contribution in [0, 0.1) is 0 Å². The maximum atomic E-state index is 2.70. The van der Waals surface area contributed by atoms with Crippen molar-refractivity contribution in [1.82, 2.24) is 0 Å². The summed E-state index contributed by atoms with van der Waals surface area (Å²) in [4.78, 5) is 13.0. The molecular weight excluding hydrogens is 823 g/mol. The second kappa shape index (κ2) is 12.6. The van der Waals surface area contributed by atoms with Crippen LogP contribution in [-0.4, -0.2) is 20.1 Å². The molecule has 5 nitrogen and oxygen atoms in total. The van der Waals surface area contributed by atoms with Crippen molar-refractivity contribution in [2.24, 2.45) is 0 Å². The predicted octanol–water partition coefficient (Wildman–Crippen LogP) is 8.78. The van der Waals surface area contributed by atoms with Gasteiger partial charge in [-0.2, -0.15) is 0 Å². The van der Waals surface area contributed by atoms with Gasteiger partial charge in [0.1, 0.15) is 0 Å². The molecule has 8 heteroatoms. The van der Waals surface area contributed by atoms with Crippen molar-refractivity contribution in [3.05, 3.63) is 218 Å². The van der Waals surface area contributed by atoms with Gasteiger partial charge in [0.15, 0.2) is 0 Å². The Labute approximate surface area is 395 Å². The molecule has 10 aromatic carbocycles. The van der Waals surface area contributed by atoms with Gasteiger partial charge in [0.05, 0.1) is 22.7 Å². The Morgan fingerprint density at radius 1 is 0.206 bits per heavy atom. The van der Waals surface area contributed by atoms with Crippen molar-refractivity contribution in [1.29, 1.82) is 0 Å². The van der Waals surface area contributed by atoms with Gasteiger partial charge < -0.3 is 24.5 Å². The molecule has 310 valence electrons. The Morgan fingerprint density at radius 3 is 0.853 bits per heavy atom. The molecule has 7 aliphatic heterocycles. The third-order valence-electron chi connectivity index (χ3n) is 16.1. The van der Waals surface area contributed by atoms with Crippen LogP contribution in [0.15, 0.2) is 218 Å². The average Bonchev–Trinajstić information content (AvgIpc) is 3.41. The smallest absolute Gasteiger partial charge is 0.252 e. The van der Waals surface area contributed by atoms with E-state index in [2.05, 4.69) is 243 Å². The molecule has 17 rings (SSSR count). The van der Waals surface area contributed by atoms with Gasteiger partial charge in [-0.15, -0.1) is 0 Å². The number of hydrogen-bond donors (Lipinski definition) is 0. The first kappa shape index (κ1) is 35.6. The third kappa shape index (κ3) is 4.16. The normalized spacial score (nSPS) is 14.8. The molecular formula is C60H36B3N5. The van der Waals surface area contributed by atoms with E-state index in [9.17, 15) is 0 Å². The minimum absolute atomic E-state index is 0.0382. The van der Waals surface area contributed by atoms with Gasteiger partial charge in [-0.1, -0.05) is 140 Å². The summed E-state index contributed by atoms with van der Waals surface area (Å²) in [6.07, 6.45) is 0. The monoisotopic (exact) mass is 859 g/mol. The van der Waals surface area contributed by atoms with E-state index in [1.807, 2.05) is 0 Å². The highest BCUT2D eigenvalue weighted by molar-refractivity contribution is 7.09. The van der Waals surface area contributed by atoms with Gasteiger partial charge in [-0.3, -0.25) is 0 Å². The van der Waals surface area contributed by atoms with Crippen molar-refractivity contribution < 1.29 is 0 Å². The molecule has 0 aromatic heterocycles. The maximum absolute atomic E-state index is 2.70. The molecule has 7 aliphatic rings. The lowest BCUT2D eigenvalue weighted by Crippen LogP contribution is -2.74. The van der Waals surface area contributed by atoms with Crippen LogP contribution in [0.25, 0.3) is 0 Å². The fraction of sp³-hybridized carbons (Fsp3) is 0. The van der Waals surface area contributed by atoms with Crippen LogP contribution in [-0.2, 0) is 0 Å². The molecule has 68 heavy (non-hydrogen) atoms. The van der Waals surface area contributed by atoms with E-state index in [-0.39, 0.29) is 20.1 Å². The number of nitrogens with zero attached hydrogens (tertiary/aromatic N) is 5. The van der Waals surface area contributed by atoms with Crippen LogP contribution in [0.4, 0.5) is 85.3 Å². The summed E-state index contributed by atoms with van der Waals surface area (Å²) in [7, 11) is 0. The predicted molar refractivity (Wildman–Crippen MR) is 287 cm³/mol. The highest BCUT2D eigenvalue weighted by Gasteiger charge is 2.57. The van der Waals surface area contributed by atoms with Crippen LogP contribution < -0.4 is 73.7 Å². The minimum Gasteiger partial charge on any atom is -0.312 e. The lowest BCUT2D eigenvalue weighted by atomic mass is 9.24. The van der Waals surface area contributed by atoms with E-state index in [1.165, 1.54) is 100 Å². The first-order chi connectivity index (χ1) is 33.8. The van der Waals surface area contributed by atoms with E-state index in [1.54, 1.807) is 0 Å². The summed E-state index contributed by atoms with van der Waals surface area (Å²) in [6, 6.07) is 82.2. The Hall–Kier alpha value is -8.61. The van der Waals surface area contributed by atoms with Gasteiger partial charge in [0, 0.05) is 62.6 Å². The van der Waals surface area contributed by atoms with Crippen LogP contribution in [0.5, 0.6) is 0 Å². The average molecular weight is 859 g/mol. The van der Waals surface area contributed by atoms with E-state index in [0.717, 1.165) is 34.1 Å². The van der Waals surface area contributed by atoms with Gasteiger partial charge in [-0.05, 0) is 128 Å². The van der Waals surface area contributed by atoms with E-state index in [4.69, 9.17) is 0 Å². The van der Waals surface area contributed by atoms with Crippen molar-refractivity contribution in [3.63, 3.8) is 0 Å². The van der Waals surface area contributed by atoms with Crippen LogP contribution in [0.2, 0.25) is 0 Å². The number of fused-ring (bicyclic) bond motifs is 20. The van der Waals surface area contributed by atoms with Crippen LogP contribution >= 0.6 is 0 Å². The fourth-order valence-corrected chi connectivity index (χ4v) is 13.7. The van der Waals surface area contributed by atoms with Gasteiger partial charge >= 0.3 is 0 Å². The molecule has 0 saturated heterocycles. The number of benzene rings is 10. The standard InChI is InChI=1S/C60H36B3N5/c1-3-19-37(20-4-1)64-50-33-17-18-34-51(50)65(38-21-5-2-6-22-38)54-36-52-44(35-53(54)64)63-43-27-11-15-31-48(43)67-47-30-14-8-24-40(47)61-39-23-7-12-28-45(39)66-46-29-13-9-25-41(46)62-42-26-10-16-32-49(42)68(52)60-56(62)58(66)55(61)59(67)57(60)63/h1-36H. The molecule has 0 spiro atoms. The molecule has 0 amide bonds. The SMILES string of the molecule is c1ccc(N2c3ccccc3N(c3ccccc3)c3cc4c(cc32)B2c3ccccc3N3c5ccccc5B5c6ccccc6N6c7ccccc7B7c8ccccc8N4c4c7c6c5c3c42)cc1. The molecule has 0 atom stereocenters. The molecule has 0 aliphatic carbocycles. The molecule has 0 saturated carbocycles. The number of hydrogen-bond acceptors (Lipinski definition) is 5. The summed E-state index contributed by atoms with van der Waals surface area (Å²) in [5.74, 6) is 0. The lowest BCUT2D eigenvalue weighted by molar-refractivity contribution is 1.16. The Balaban J connectivity index is 1.07. The zero-order valence-corrected chi connectivity index (χ0v) is 36.8. The second-order valence-corrected chi connectivity index (χ2v) is 19.1. The Morgan fingerprint density at radius 2 is 0.485 bits per heavy atom. The van der Waals surface area contributed by atoms with Crippen LogP contribution in [0.1, 0.15) is 0 Å². The maximum Gasteiger partial charge on any atom is 0.252 e. The first-order valence-corrected chi connectivity index (χ1v) is 23.9. The number of para-hydroxylation sites is 9. The highest BCUT2D eigenvalue weighted by Crippen LogP contribution is 2.57. The summed E-state index contributed by atoms with van der Waals surface area (Å²) >= 11 is 0. The third-order valence-corrected chi connectivity index (χ3v) is 16.1.